The van der Waals surface area contributed by atoms with Gasteiger partial charge in [0.25, 0.3) is 5.91 Å². The van der Waals surface area contributed by atoms with E-state index in [4.69, 9.17) is 0 Å². The fraction of sp³-hybridized carbons (Fsp3) is 0.588. The molecule has 1 amide bonds. The van der Waals surface area contributed by atoms with Crippen LogP contribution in [0.4, 0.5) is 5.69 Å². The largest absolute Gasteiger partial charge is 0.383 e. The molecule has 0 fully saturated rings. The van der Waals surface area contributed by atoms with Gasteiger partial charge in [-0.2, -0.15) is 0 Å². The van der Waals surface area contributed by atoms with E-state index in [1.807, 2.05) is 24.3 Å². The maximum atomic E-state index is 11.8. The van der Waals surface area contributed by atoms with Crippen molar-refractivity contribution in [2.24, 2.45) is 0 Å². The van der Waals surface area contributed by atoms with Crippen molar-refractivity contribution >= 4 is 11.6 Å². The molecule has 0 aliphatic heterocycles. The van der Waals surface area contributed by atoms with Gasteiger partial charge in [0.05, 0.1) is 0 Å². The summed E-state index contributed by atoms with van der Waals surface area (Å²) in [5.41, 5.74) is 1.82. The average Bonchev–Trinajstić information content (AvgIpc) is 2.43. The molecule has 1 unspecified atom stereocenters. The highest BCUT2D eigenvalue weighted by Gasteiger charge is 2.08. The number of nitrogens with zero attached hydrogens (tertiary/aromatic N) is 1. The van der Waals surface area contributed by atoms with Gasteiger partial charge in [-0.1, -0.05) is 32.6 Å². The SMILES string of the molecule is CCCCCCC(C)Nc1ccc(C(=O)N(C)C)cc1. The summed E-state index contributed by atoms with van der Waals surface area (Å²) >= 11 is 0. The minimum absolute atomic E-state index is 0.0455. The van der Waals surface area contributed by atoms with E-state index in [0.29, 0.717) is 6.04 Å². The Labute approximate surface area is 123 Å². The van der Waals surface area contributed by atoms with Gasteiger partial charge >= 0.3 is 0 Å². The standard InChI is InChI=1S/C17H28N2O/c1-5-6-7-8-9-14(2)18-16-12-10-15(11-13-16)17(20)19(3)4/h10-14,18H,5-9H2,1-4H3. The molecule has 1 aromatic rings. The molecule has 20 heavy (non-hydrogen) atoms. The third-order valence-electron chi connectivity index (χ3n) is 3.44. The van der Waals surface area contributed by atoms with Crippen LogP contribution in [0.3, 0.4) is 0 Å². The lowest BCUT2D eigenvalue weighted by Gasteiger charge is -2.16. The lowest BCUT2D eigenvalue weighted by atomic mass is 10.1. The summed E-state index contributed by atoms with van der Waals surface area (Å²) < 4.78 is 0. The van der Waals surface area contributed by atoms with Crippen molar-refractivity contribution in [3.05, 3.63) is 29.8 Å². The summed E-state index contributed by atoms with van der Waals surface area (Å²) in [6, 6.07) is 8.21. The Balaban J connectivity index is 2.43. The van der Waals surface area contributed by atoms with E-state index in [1.54, 1.807) is 19.0 Å². The van der Waals surface area contributed by atoms with E-state index in [9.17, 15) is 4.79 Å². The summed E-state index contributed by atoms with van der Waals surface area (Å²) in [6.45, 7) is 4.45. The van der Waals surface area contributed by atoms with E-state index in [-0.39, 0.29) is 5.91 Å². The predicted octanol–water partition coefficient (Wildman–Crippen LogP) is 4.16. The molecule has 3 heteroatoms. The highest BCUT2D eigenvalue weighted by atomic mass is 16.2. The maximum Gasteiger partial charge on any atom is 0.253 e. The number of benzene rings is 1. The Morgan fingerprint density at radius 1 is 1.15 bits per heavy atom. The van der Waals surface area contributed by atoms with Gasteiger partial charge in [0.2, 0.25) is 0 Å². The van der Waals surface area contributed by atoms with Crippen LogP contribution in [-0.2, 0) is 0 Å². The number of carbonyl (C=O) groups is 1. The van der Waals surface area contributed by atoms with Gasteiger partial charge in [-0.3, -0.25) is 4.79 Å². The van der Waals surface area contributed by atoms with Gasteiger partial charge in [0.1, 0.15) is 0 Å². The van der Waals surface area contributed by atoms with E-state index >= 15 is 0 Å². The maximum absolute atomic E-state index is 11.8. The Morgan fingerprint density at radius 2 is 1.80 bits per heavy atom. The fourth-order valence-electron chi connectivity index (χ4n) is 2.20. The van der Waals surface area contributed by atoms with Crippen LogP contribution in [0.2, 0.25) is 0 Å². The zero-order chi connectivity index (χ0) is 15.0. The normalized spacial score (nSPS) is 12.0. The summed E-state index contributed by atoms with van der Waals surface area (Å²) in [7, 11) is 3.54. The average molecular weight is 276 g/mol. The predicted molar refractivity (Wildman–Crippen MR) is 86.3 cm³/mol. The van der Waals surface area contributed by atoms with E-state index in [0.717, 1.165) is 11.3 Å². The molecule has 0 radical (unpaired) electrons. The number of anilines is 1. The van der Waals surface area contributed by atoms with Gasteiger partial charge in [-0.05, 0) is 37.6 Å². The molecule has 1 aromatic carbocycles. The van der Waals surface area contributed by atoms with Crippen LogP contribution >= 0.6 is 0 Å². The number of hydrogen-bond donors (Lipinski definition) is 1. The molecule has 0 bridgehead atoms. The highest BCUT2D eigenvalue weighted by Crippen LogP contribution is 2.14. The third kappa shape index (κ3) is 5.64. The summed E-state index contributed by atoms with van der Waals surface area (Å²) in [4.78, 5) is 13.4. The molecule has 0 aromatic heterocycles. The zero-order valence-electron chi connectivity index (χ0n) is 13.3. The van der Waals surface area contributed by atoms with E-state index in [1.165, 1.54) is 32.1 Å². The second kappa shape index (κ2) is 8.62. The quantitative estimate of drug-likeness (QED) is 0.723. The Hall–Kier alpha value is -1.51. The number of rotatable bonds is 8. The second-order valence-corrected chi connectivity index (χ2v) is 5.67. The van der Waals surface area contributed by atoms with Crippen molar-refractivity contribution in [2.75, 3.05) is 19.4 Å². The van der Waals surface area contributed by atoms with Crippen molar-refractivity contribution in [3.8, 4) is 0 Å². The Bertz CT molecular complexity index is 398. The van der Waals surface area contributed by atoms with Crippen molar-refractivity contribution in [1.29, 1.82) is 0 Å². The van der Waals surface area contributed by atoms with E-state index < -0.39 is 0 Å². The summed E-state index contributed by atoms with van der Waals surface area (Å²) in [5, 5.41) is 3.49. The summed E-state index contributed by atoms with van der Waals surface area (Å²) in [5.74, 6) is 0.0455. The van der Waals surface area contributed by atoms with Crippen LogP contribution in [0.5, 0.6) is 0 Å². The topological polar surface area (TPSA) is 32.3 Å². The first-order valence-electron chi connectivity index (χ1n) is 7.62. The Kier molecular flexibility index (Phi) is 7.13. The lowest BCUT2D eigenvalue weighted by molar-refractivity contribution is 0.0827. The van der Waals surface area contributed by atoms with Gasteiger partial charge in [0.15, 0.2) is 0 Å². The van der Waals surface area contributed by atoms with Crippen molar-refractivity contribution in [3.63, 3.8) is 0 Å². The first-order chi connectivity index (χ1) is 9.54. The van der Waals surface area contributed by atoms with Gasteiger partial charge in [-0.15, -0.1) is 0 Å². The molecular formula is C17H28N2O. The molecule has 0 aliphatic rings. The van der Waals surface area contributed by atoms with Crippen molar-refractivity contribution < 1.29 is 4.79 Å². The molecule has 0 aliphatic carbocycles. The molecular weight excluding hydrogens is 248 g/mol. The van der Waals surface area contributed by atoms with Gasteiger partial charge < -0.3 is 10.2 Å². The molecule has 1 N–H and O–H groups in total. The monoisotopic (exact) mass is 276 g/mol. The molecule has 0 spiro atoms. The van der Waals surface area contributed by atoms with Crippen LogP contribution in [0.1, 0.15) is 56.3 Å². The zero-order valence-corrected chi connectivity index (χ0v) is 13.3. The molecule has 3 nitrogen and oxygen atoms in total. The first kappa shape index (κ1) is 16.5. The number of amides is 1. The van der Waals surface area contributed by atoms with Crippen LogP contribution in [0, 0.1) is 0 Å². The van der Waals surface area contributed by atoms with E-state index in [2.05, 4.69) is 19.2 Å². The molecule has 0 saturated carbocycles. The molecule has 112 valence electrons. The third-order valence-corrected chi connectivity index (χ3v) is 3.44. The first-order valence-corrected chi connectivity index (χ1v) is 7.62. The van der Waals surface area contributed by atoms with Gasteiger partial charge in [-0.25, -0.2) is 0 Å². The van der Waals surface area contributed by atoms with Crippen LogP contribution in [-0.4, -0.2) is 30.9 Å². The Morgan fingerprint density at radius 3 is 2.35 bits per heavy atom. The fourth-order valence-corrected chi connectivity index (χ4v) is 2.20. The van der Waals surface area contributed by atoms with Crippen molar-refractivity contribution in [2.45, 2.75) is 52.0 Å². The molecule has 1 rings (SSSR count). The lowest BCUT2D eigenvalue weighted by Crippen LogP contribution is -2.21. The van der Waals surface area contributed by atoms with Crippen molar-refractivity contribution in [1.82, 2.24) is 4.90 Å². The number of hydrogen-bond acceptors (Lipinski definition) is 2. The van der Waals surface area contributed by atoms with Crippen LogP contribution < -0.4 is 5.32 Å². The number of carbonyl (C=O) groups excluding carboxylic acids is 1. The molecule has 1 atom stereocenters. The van der Waals surface area contributed by atoms with Crippen LogP contribution in [0.15, 0.2) is 24.3 Å². The second-order valence-electron chi connectivity index (χ2n) is 5.67. The highest BCUT2D eigenvalue weighted by molar-refractivity contribution is 5.94. The minimum atomic E-state index is 0.0455. The number of unbranched alkanes of at least 4 members (excludes halogenated alkanes) is 3. The van der Waals surface area contributed by atoms with Gasteiger partial charge in [0, 0.05) is 31.4 Å². The van der Waals surface area contributed by atoms with Crippen LogP contribution in [0.25, 0.3) is 0 Å². The number of nitrogens with one attached hydrogen (secondary N) is 1. The summed E-state index contributed by atoms with van der Waals surface area (Å²) in [6.07, 6.45) is 6.40. The molecule has 0 heterocycles. The molecule has 0 saturated heterocycles. The smallest absolute Gasteiger partial charge is 0.253 e. The minimum Gasteiger partial charge on any atom is -0.383 e.